The van der Waals surface area contributed by atoms with E-state index in [9.17, 15) is 14.4 Å². The summed E-state index contributed by atoms with van der Waals surface area (Å²) in [6, 6.07) is 4.01. The summed E-state index contributed by atoms with van der Waals surface area (Å²) in [5, 5.41) is 3.02. The second-order valence-electron chi connectivity index (χ2n) is 9.60. The van der Waals surface area contributed by atoms with E-state index in [1.165, 1.54) is 7.11 Å². The molecule has 0 spiro atoms. The summed E-state index contributed by atoms with van der Waals surface area (Å²) in [5.41, 5.74) is 0.740. The lowest BCUT2D eigenvalue weighted by Crippen LogP contribution is -2.55. The Labute approximate surface area is 206 Å². The zero-order valence-corrected chi connectivity index (χ0v) is 20.6. The van der Waals surface area contributed by atoms with Gasteiger partial charge in [0.2, 0.25) is 11.8 Å². The fraction of sp³-hybridized carbons (Fsp3) is 0.654. The first kappa shape index (κ1) is 25.3. The number of benzene rings is 1. The molecule has 1 N–H and O–H groups in total. The van der Waals surface area contributed by atoms with Crippen LogP contribution in [0.4, 0.5) is 0 Å². The summed E-state index contributed by atoms with van der Waals surface area (Å²) in [6.07, 6.45) is 5.74. The van der Waals surface area contributed by atoms with Crippen LogP contribution in [-0.4, -0.2) is 74.8 Å². The van der Waals surface area contributed by atoms with Gasteiger partial charge in [-0.2, -0.15) is 0 Å². The average Bonchev–Trinajstić information content (AvgIpc) is 3.30. The monoisotopic (exact) mass is 488 g/mol. The van der Waals surface area contributed by atoms with Gasteiger partial charge in [0.25, 0.3) is 0 Å². The molecule has 1 saturated heterocycles. The van der Waals surface area contributed by atoms with Gasteiger partial charge in [0, 0.05) is 25.5 Å². The van der Waals surface area contributed by atoms with Crippen molar-refractivity contribution in [3.05, 3.63) is 23.8 Å². The standard InChI is InChI=1S/C26H36N2O7/c1-32-19-11-17-12-20(14-19)34-9-6-10-35-21-15-22(26(31)33-2)28(16-21)25(30)24(27-23(29)13-17)18-7-4-3-5-8-18/h11-12,14,18,21-22,24H,3-10,13,15-16H2,1-2H3,(H,27,29)/t21-,22+,24+/m1/s1. The lowest BCUT2D eigenvalue weighted by molar-refractivity contribution is -0.152. The predicted molar refractivity (Wildman–Crippen MR) is 127 cm³/mol. The van der Waals surface area contributed by atoms with E-state index in [2.05, 4.69) is 5.32 Å². The largest absolute Gasteiger partial charge is 0.497 e. The number of hydrogen-bond acceptors (Lipinski definition) is 7. The molecule has 4 bridgehead atoms. The van der Waals surface area contributed by atoms with Crippen LogP contribution in [0.2, 0.25) is 0 Å². The molecule has 3 atom stereocenters. The maximum atomic E-state index is 13.9. The van der Waals surface area contributed by atoms with Gasteiger partial charge in [-0.05, 0) is 36.5 Å². The van der Waals surface area contributed by atoms with Crippen molar-refractivity contribution in [2.45, 2.75) is 69.6 Å². The first-order valence-electron chi connectivity index (χ1n) is 12.6. The highest BCUT2D eigenvalue weighted by molar-refractivity contribution is 5.92. The lowest BCUT2D eigenvalue weighted by Gasteiger charge is -2.34. The number of ether oxygens (including phenoxy) is 4. The Morgan fingerprint density at radius 1 is 1.06 bits per heavy atom. The van der Waals surface area contributed by atoms with Crippen LogP contribution >= 0.6 is 0 Å². The maximum Gasteiger partial charge on any atom is 0.328 e. The van der Waals surface area contributed by atoms with Crippen molar-refractivity contribution >= 4 is 17.8 Å². The molecular weight excluding hydrogens is 452 g/mol. The summed E-state index contributed by atoms with van der Waals surface area (Å²) in [4.78, 5) is 41.1. The quantitative estimate of drug-likeness (QED) is 0.651. The summed E-state index contributed by atoms with van der Waals surface area (Å²) in [7, 11) is 2.90. The SMILES string of the molecule is COC(=O)[C@@H]1C[C@@H]2CN1C(=O)[C@H](C1CCCCC1)NC(=O)Cc1cc(OC)cc(c1)OCCCO2. The molecule has 3 aliphatic rings. The number of methoxy groups -OCH3 is 2. The van der Waals surface area contributed by atoms with Gasteiger partial charge in [-0.15, -0.1) is 0 Å². The number of nitrogens with one attached hydrogen (secondary N) is 1. The normalized spacial score (nSPS) is 26.6. The summed E-state index contributed by atoms with van der Waals surface area (Å²) in [6.45, 7) is 1.17. The zero-order valence-electron chi connectivity index (χ0n) is 20.6. The zero-order chi connectivity index (χ0) is 24.8. The first-order valence-corrected chi connectivity index (χ1v) is 12.6. The molecule has 0 unspecified atom stereocenters. The Morgan fingerprint density at radius 2 is 1.86 bits per heavy atom. The smallest absolute Gasteiger partial charge is 0.328 e. The van der Waals surface area contributed by atoms with Crippen LogP contribution in [0, 0.1) is 5.92 Å². The van der Waals surface area contributed by atoms with Crippen LogP contribution in [0.25, 0.3) is 0 Å². The van der Waals surface area contributed by atoms with E-state index in [0.29, 0.717) is 44.1 Å². The third-order valence-electron chi connectivity index (χ3n) is 7.17. The highest BCUT2D eigenvalue weighted by Crippen LogP contribution is 2.31. The molecule has 1 saturated carbocycles. The Morgan fingerprint density at radius 3 is 2.60 bits per heavy atom. The minimum atomic E-state index is -0.716. The van der Waals surface area contributed by atoms with Crippen LogP contribution in [0.1, 0.15) is 50.5 Å². The van der Waals surface area contributed by atoms with Gasteiger partial charge >= 0.3 is 5.97 Å². The number of esters is 1. The van der Waals surface area contributed by atoms with Crippen molar-refractivity contribution in [3.8, 4) is 11.5 Å². The molecule has 192 valence electrons. The Hall–Kier alpha value is -2.81. The van der Waals surface area contributed by atoms with E-state index < -0.39 is 18.1 Å². The fourth-order valence-electron chi connectivity index (χ4n) is 5.39. The highest BCUT2D eigenvalue weighted by atomic mass is 16.5. The minimum absolute atomic E-state index is 0.0292. The van der Waals surface area contributed by atoms with Crippen molar-refractivity contribution < 1.29 is 33.3 Å². The number of amides is 2. The topological polar surface area (TPSA) is 103 Å². The fourth-order valence-corrected chi connectivity index (χ4v) is 5.39. The van der Waals surface area contributed by atoms with Gasteiger partial charge < -0.3 is 29.2 Å². The molecule has 2 heterocycles. The number of nitrogens with zero attached hydrogens (tertiary/aromatic N) is 1. The molecule has 0 aromatic heterocycles. The molecule has 0 radical (unpaired) electrons. The van der Waals surface area contributed by atoms with Crippen LogP contribution in [0.3, 0.4) is 0 Å². The average molecular weight is 489 g/mol. The number of rotatable bonds is 3. The molecule has 9 nitrogen and oxygen atoms in total. The van der Waals surface area contributed by atoms with Crippen LogP contribution in [-0.2, 0) is 30.3 Å². The van der Waals surface area contributed by atoms with Gasteiger partial charge in [-0.25, -0.2) is 4.79 Å². The van der Waals surface area contributed by atoms with Crippen molar-refractivity contribution in [3.63, 3.8) is 0 Å². The Bertz CT molecular complexity index is 915. The molecule has 2 fully saturated rings. The lowest BCUT2D eigenvalue weighted by atomic mass is 9.83. The molecule has 4 rings (SSSR count). The number of hydrogen-bond donors (Lipinski definition) is 1. The third kappa shape index (κ3) is 6.25. The van der Waals surface area contributed by atoms with Crippen molar-refractivity contribution in [2.24, 2.45) is 5.92 Å². The first-order chi connectivity index (χ1) is 17.0. The molecule has 9 heteroatoms. The van der Waals surface area contributed by atoms with E-state index in [1.54, 1.807) is 24.1 Å². The summed E-state index contributed by atoms with van der Waals surface area (Å²) >= 11 is 0. The number of carbonyl (C=O) groups excluding carboxylic acids is 3. The van der Waals surface area contributed by atoms with Crippen LogP contribution in [0.5, 0.6) is 11.5 Å². The highest BCUT2D eigenvalue weighted by Gasteiger charge is 2.44. The van der Waals surface area contributed by atoms with E-state index in [-0.39, 0.29) is 30.3 Å². The molecule has 1 aromatic rings. The Balaban J connectivity index is 1.63. The van der Waals surface area contributed by atoms with Crippen LogP contribution < -0.4 is 14.8 Å². The third-order valence-corrected chi connectivity index (χ3v) is 7.17. The molecule has 2 aliphatic heterocycles. The van der Waals surface area contributed by atoms with E-state index >= 15 is 0 Å². The van der Waals surface area contributed by atoms with Crippen LogP contribution in [0.15, 0.2) is 18.2 Å². The Kier molecular flexibility index (Phi) is 8.49. The van der Waals surface area contributed by atoms with E-state index in [1.807, 2.05) is 6.07 Å². The van der Waals surface area contributed by atoms with Gasteiger partial charge in [0.15, 0.2) is 0 Å². The van der Waals surface area contributed by atoms with Gasteiger partial charge in [-0.1, -0.05) is 19.3 Å². The van der Waals surface area contributed by atoms with Crippen molar-refractivity contribution in [1.29, 1.82) is 0 Å². The van der Waals surface area contributed by atoms with Crippen molar-refractivity contribution in [2.75, 3.05) is 34.0 Å². The summed E-state index contributed by atoms with van der Waals surface area (Å²) < 4.78 is 22.3. The number of fused-ring (bicyclic) bond motifs is 4. The molecule has 2 amide bonds. The molecule has 35 heavy (non-hydrogen) atoms. The summed E-state index contributed by atoms with van der Waals surface area (Å²) in [5.74, 6) is 0.323. The molecule has 1 aliphatic carbocycles. The van der Waals surface area contributed by atoms with Gasteiger partial charge in [0.05, 0.1) is 40.0 Å². The van der Waals surface area contributed by atoms with Gasteiger partial charge in [0.1, 0.15) is 23.6 Å². The molecular formula is C26H36N2O7. The van der Waals surface area contributed by atoms with Gasteiger partial charge in [-0.3, -0.25) is 9.59 Å². The maximum absolute atomic E-state index is 13.9. The minimum Gasteiger partial charge on any atom is -0.497 e. The molecule has 1 aromatic carbocycles. The number of carbonyl (C=O) groups is 3. The van der Waals surface area contributed by atoms with E-state index in [0.717, 1.165) is 37.7 Å². The predicted octanol–water partition coefficient (Wildman–Crippen LogP) is 2.24. The second kappa shape index (κ2) is 11.7. The van der Waals surface area contributed by atoms with E-state index in [4.69, 9.17) is 18.9 Å². The second-order valence-corrected chi connectivity index (χ2v) is 9.60. The van der Waals surface area contributed by atoms with Crippen molar-refractivity contribution in [1.82, 2.24) is 10.2 Å².